The van der Waals surface area contributed by atoms with Gasteiger partial charge in [0.2, 0.25) is 5.88 Å². The molecule has 1 fully saturated rings. The van der Waals surface area contributed by atoms with Gasteiger partial charge in [-0.25, -0.2) is 4.79 Å². The number of ether oxygens (including phenoxy) is 2. The molecule has 11 nitrogen and oxygen atoms in total. The Labute approximate surface area is 204 Å². The number of rotatable bonds is 5. The second-order valence-electron chi connectivity index (χ2n) is 9.03. The van der Waals surface area contributed by atoms with Crippen LogP contribution in [0.5, 0.6) is 5.88 Å². The van der Waals surface area contributed by atoms with E-state index in [0.717, 1.165) is 11.8 Å². The van der Waals surface area contributed by atoms with Gasteiger partial charge in [0.1, 0.15) is 12.2 Å². The number of nitrogens with one attached hydrogen (secondary N) is 2. The minimum atomic E-state index is -4.53. The van der Waals surface area contributed by atoms with E-state index in [1.165, 1.54) is 9.58 Å². The van der Waals surface area contributed by atoms with E-state index in [1.807, 2.05) is 19.9 Å². The van der Waals surface area contributed by atoms with E-state index < -0.39 is 17.8 Å². The molecule has 5 rings (SSSR count). The second kappa shape index (κ2) is 9.41. The molecule has 2 unspecified atom stereocenters. The third-order valence-electron chi connectivity index (χ3n) is 6.22. The smallest absolute Gasteiger partial charge is 0.419 e. The molecule has 0 saturated carbocycles. The van der Waals surface area contributed by atoms with Gasteiger partial charge in [0, 0.05) is 24.6 Å². The zero-order valence-corrected chi connectivity index (χ0v) is 19.6. The highest BCUT2D eigenvalue weighted by Gasteiger charge is 2.38. The number of anilines is 1. The van der Waals surface area contributed by atoms with Gasteiger partial charge in [0.05, 0.1) is 49.0 Å². The maximum Gasteiger partial charge on any atom is 0.419 e. The molecule has 0 aromatic carbocycles. The molecule has 36 heavy (non-hydrogen) atoms. The highest BCUT2D eigenvalue weighted by atomic mass is 19.4. The van der Waals surface area contributed by atoms with E-state index in [-0.39, 0.29) is 49.3 Å². The standard InChI is InChI=1S/C22H25F3N8O3/c1-12(2)14-3-4-26-31-20(14)36-13-7-18(35-11-13)16-8-19(30-29-16)28-21(34)32-5-6-33-17(10-32)15(9-27-33)22(23,24)25/h3-4,8-9,12-13,18H,5-7,10-11H2,1-2H3,(H2,28,29,30,34). The molecule has 2 N–H and O–H groups in total. The molecule has 3 aromatic heterocycles. The van der Waals surface area contributed by atoms with Crippen LogP contribution in [0.1, 0.15) is 54.8 Å². The largest absolute Gasteiger partial charge is 0.471 e. The van der Waals surface area contributed by atoms with Gasteiger partial charge in [-0.1, -0.05) is 13.8 Å². The number of nitrogens with zero attached hydrogens (tertiary/aromatic N) is 6. The van der Waals surface area contributed by atoms with Gasteiger partial charge in [-0.2, -0.15) is 28.5 Å². The number of hydrogen-bond donors (Lipinski definition) is 2. The van der Waals surface area contributed by atoms with Crippen molar-refractivity contribution in [3.8, 4) is 5.88 Å². The Morgan fingerprint density at radius 2 is 2.17 bits per heavy atom. The van der Waals surface area contributed by atoms with E-state index in [2.05, 4.69) is 30.8 Å². The quantitative estimate of drug-likeness (QED) is 0.543. The average molecular weight is 506 g/mol. The molecule has 192 valence electrons. The lowest BCUT2D eigenvalue weighted by molar-refractivity contribution is -0.138. The van der Waals surface area contributed by atoms with Gasteiger partial charge in [0.25, 0.3) is 0 Å². The summed E-state index contributed by atoms with van der Waals surface area (Å²) in [4.78, 5) is 14.0. The first-order valence-electron chi connectivity index (χ1n) is 11.5. The zero-order valence-electron chi connectivity index (χ0n) is 19.6. The fourth-order valence-corrected chi connectivity index (χ4v) is 4.32. The Kier molecular flexibility index (Phi) is 6.28. The van der Waals surface area contributed by atoms with Crippen molar-refractivity contribution >= 4 is 11.8 Å². The second-order valence-corrected chi connectivity index (χ2v) is 9.03. The molecule has 0 aliphatic carbocycles. The highest BCUT2D eigenvalue weighted by Crippen LogP contribution is 2.34. The van der Waals surface area contributed by atoms with Crippen molar-refractivity contribution in [3.63, 3.8) is 0 Å². The van der Waals surface area contributed by atoms with Crippen LogP contribution in [0.25, 0.3) is 0 Å². The predicted octanol–water partition coefficient (Wildman–Crippen LogP) is 3.50. The number of carbonyl (C=O) groups excluding carboxylic acids is 1. The number of hydrogen-bond acceptors (Lipinski definition) is 7. The first-order valence-corrected chi connectivity index (χ1v) is 11.5. The van der Waals surface area contributed by atoms with Crippen LogP contribution in [0.3, 0.4) is 0 Å². The van der Waals surface area contributed by atoms with Crippen molar-refractivity contribution in [2.24, 2.45) is 0 Å². The third kappa shape index (κ3) is 4.85. The van der Waals surface area contributed by atoms with Crippen LogP contribution < -0.4 is 10.1 Å². The van der Waals surface area contributed by atoms with E-state index in [4.69, 9.17) is 9.47 Å². The van der Waals surface area contributed by atoms with Crippen molar-refractivity contribution in [2.45, 2.75) is 57.7 Å². The lowest BCUT2D eigenvalue weighted by atomic mass is 10.1. The van der Waals surface area contributed by atoms with Gasteiger partial charge in [-0.15, -0.1) is 5.10 Å². The number of halogens is 3. The number of fused-ring (bicyclic) bond motifs is 1. The van der Waals surface area contributed by atoms with Gasteiger partial charge in [-0.3, -0.25) is 15.1 Å². The van der Waals surface area contributed by atoms with Gasteiger partial charge in [0.15, 0.2) is 5.82 Å². The number of alkyl halides is 3. The number of amides is 2. The van der Waals surface area contributed by atoms with E-state index >= 15 is 0 Å². The number of aromatic amines is 1. The van der Waals surface area contributed by atoms with Crippen molar-refractivity contribution in [1.82, 2.24) is 35.1 Å². The fourth-order valence-electron chi connectivity index (χ4n) is 4.32. The first-order chi connectivity index (χ1) is 17.2. The van der Waals surface area contributed by atoms with Crippen LogP contribution in [0, 0.1) is 0 Å². The number of H-pyrrole nitrogens is 1. The predicted molar refractivity (Wildman–Crippen MR) is 119 cm³/mol. The molecule has 1 saturated heterocycles. The van der Waals surface area contributed by atoms with Crippen molar-refractivity contribution < 1.29 is 27.4 Å². The molecule has 0 radical (unpaired) electrons. The Morgan fingerprint density at radius 1 is 1.33 bits per heavy atom. The number of aromatic nitrogens is 6. The SMILES string of the molecule is CC(C)c1ccnnc1OC1COC(c2cc(NC(=O)N3CCn4ncc(C(F)(F)F)c4C3)n[nH]2)C1. The Bertz CT molecular complexity index is 1240. The van der Waals surface area contributed by atoms with Crippen LogP contribution in [0.15, 0.2) is 24.5 Å². The van der Waals surface area contributed by atoms with E-state index in [0.29, 0.717) is 24.6 Å². The Morgan fingerprint density at radius 3 is 2.94 bits per heavy atom. The van der Waals surface area contributed by atoms with Gasteiger partial charge >= 0.3 is 12.2 Å². The summed E-state index contributed by atoms with van der Waals surface area (Å²) >= 11 is 0. The summed E-state index contributed by atoms with van der Waals surface area (Å²) in [6.45, 7) is 4.64. The van der Waals surface area contributed by atoms with Crippen LogP contribution in [-0.2, 0) is 24.0 Å². The number of carbonyl (C=O) groups is 1. The molecule has 0 spiro atoms. The topological polar surface area (TPSA) is 123 Å². The van der Waals surface area contributed by atoms with Crippen LogP contribution in [0.4, 0.5) is 23.8 Å². The van der Waals surface area contributed by atoms with E-state index in [1.54, 1.807) is 12.3 Å². The molecular formula is C22H25F3N8O3. The maximum atomic E-state index is 13.2. The molecule has 2 aliphatic rings. The molecule has 0 bridgehead atoms. The molecule has 2 atom stereocenters. The van der Waals surface area contributed by atoms with Crippen molar-refractivity contribution in [2.75, 3.05) is 18.5 Å². The van der Waals surface area contributed by atoms with Gasteiger partial charge < -0.3 is 14.4 Å². The van der Waals surface area contributed by atoms with Gasteiger partial charge in [-0.05, 0) is 12.0 Å². The maximum absolute atomic E-state index is 13.2. The first kappa shape index (κ1) is 24.0. The summed E-state index contributed by atoms with van der Waals surface area (Å²) in [5.41, 5.74) is 0.735. The Hall–Kier alpha value is -3.68. The molecule has 2 amide bonds. The Balaban J connectivity index is 1.19. The summed E-state index contributed by atoms with van der Waals surface area (Å²) in [5.74, 6) is 0.956. The fraction of sp³-hybridized carbons (Fsp3) is 0.500. The summed E-state index contributed by atoms with van der Waals surface area (Å²) in [5, 5.41) is 21.4. The molecule has 2 aliphatic heterocycles. The minimum absolute atomic E-state index is 0.0410. The van der Waals surface area contributed by atoms with Crippen LogP contribution in [-0.4, -0.2) is 60.4 Å². The summed E-state index contributed by atoms with van der Waals surface area (Å²) in [6, 6.07) is 2.97. The van der Waals surface area contributed by atoms with Crippen LogP contribution in [0.2, 0.25) is 0 Å². The summed E-state index contributed by atoms with van der Waals surface area (Å²) in [6.07, 6.45) is -2.12. The zero-order chi connectivity index (χ0) is 25.4. The highest BCUT2D eigenvalue weighted by molar-refractivity contribution is 5.88. The molecule has 5 heterocycles. The third-order valence-corrected chi connectivity index (χ3v) is 6.22. The minimum Gasteiger partial charge on any atom is -0.471 e. The molecule has 14 heteroatoms. The molecular weight excluding hydrogens is 481 g/mol. The summed E-state index contributed by atoms with van der Waals surface area (Å²) < 4.78 is 52.8. The van der Waals surface area contributed by atoms with Crippen LogP contribution >= 0.6 is 0 Å². The lowest BCUT2D eigenvalue weighted by Crippen LogP contribution is -2.41. The average Bonchev–Trinajstić information content (AvgIpc) is 3.58. The van der Waals surface area contributed by atoms with E-state index in [9.17, 15) is 18.0 Å². The normalized spacial score (nSPS) is 20.0. The summed E-state index contributed by atoms with van der Waals surface area (Å²) in [7, 11) is 0. The van der Waals surface area contributed by atoms with Crippen molar-refractivity contribution in [1.29, 1.82) is 0 Å². The monoisotopic (exact) mass is 506 g/mol. The lowest BCUT2D eigenvalue weighted by Gasteiger charge is -2.28. The number of urea groups is 1. The van der Waals surface area contributed by atoms with Crippen molar-refractivity contribution in [3.05, 3.63) is 47.0 Å². The molecule has 3 aromatic rings.